The van der Waals surface area contributed by atoms with Crippen molar-refractivity contribution in [1.82, 2.24) is 24.9 Å². The van der Waals surface area contributed by atoms with Gasteiger partial charge in [-0.3, -0.25) is 9.78 Å². The molecular weight excluding hydrogens is 338 g/mol. The number of nitrogens with zero attached hydrogens (tertiary/aromatic N) is 5. The zero-order valence-electron chi connectivity index (χ0n) is 16.5. The lowest BCUT2D eigenvalue weighted by molar-refractivity contribution is 0.0728. The van der Waals surface area contributed by atoms with Crippen LogP contribution in [0.4, 0.5) is 0 Å². The van der Waals surface area contributed by atoms with Crippen molar-refractivity contribution in [2.75, 3.05) is 13.1 Å². The number of hydrogen-bond donors (Lipinski definition) is 0. The highest BCUT2D eigenvalue weighted by Crippen LogP contribution is 2.23. The van der Waals surface area contributed by atoms with Gasteiger partial charge in [-0.15, -0.1) is 5.10 Å². The molecule has 0 N–H and O–H groups in total. The third kappa shape index (κ3) is 3.70. The van der Waals surface area contributed by atoms with Crippen molar-refractivity contribution in [1.29, 1.82) is 0 Å². The van der Waals surface area contributed by atoms with Crippen LogP contribution in [0.2, 0.25) is 0 Å². The van der Waals surface area contributed by atoms with E-state index in [0.29, 0.717) is 18.2 Å². The molecule has 0 fully saturated rings. The molecule has 0 aliphatic heterocycles. The molecule has 0 saturated carbocycles. The van der Waals surface area contributed by atoms with Crippen molar-refractivity contribution < 1.29 is 4.79 Å². The third-order valence-corrected chi connectivity index (χ3v) is 5.29. The lowest BCUT2D eigenvalue weighted by atomic mass is 10.0. The number of rotatable bonds is 7. The average Bonchev–Trinajstić information content (AvgIpc) is 3.09. The second-order valence-electron chi connectivity index (χ2n) is 6.84. The van der Waals surface area contributed by atoms with Crippen LogP contribution in [0, 0.1) is 12.8 Å². The van der Waals surface area contributed by atoms with E-state index >= 15 is 0 Å². The molecule has 1 amide bonds. The minimum absolute atomic E-state index is 0.0462. The molecule has 0 atom stereocenters. The van der Waals surface area contributed by atoms with Gasteiger partial charge < -0.3 is 4.90 Å². The number of benzene rings is 1. The van der Waals surface area contributed by atoms with E-state index in [2.05, 4.69) is 29.1 Å². The molecule has 142 valence electrons. The summed E-state index contributed by atoms with van der Waals surface area (Å²) in [6.45, 7) is 9.68. The van der Waals surface area contributed by atoms with Gasteiger partial charge in [-0.25, -0.2) is 4.68 Å². The molecule has 0 spiro atoms. The first kappa shape index (κ1) is 19.0. The number of hydrogen-bond acceptors (Lipinski definition) is 4. The second kappa shape index (κ2) is 8.29. The van der Waals surface area contributed by atoms with Crippen LogP contribution < -0.4 is 0 Å². The van der Waals surface area contributed by atoms with Gasteiger partial charge in [0.1, 0.15) is 0 Å². The number of aromatic nitrogens is 4. The highest BCUT2D eigenvalue weighted by atomic mass is 16.2. The predicted octanol–water partition coefficient (Wildman–Crippen LogP) is 4.02. The van der Waals surface area contributed by atoms with Crippen LogP contribution >= 0.6 is 0 Å². The van der Waals surface area contributed by atoms with Gasteiger partial charge in [0.15, 0.2) is 5.69 Å². The van der Waals surface area contributed by atoms with Crippen LogP contribution in [0.15, 0.2) is 36.7 Å². The fourth-order valence-corrected chi connectivity index (χ4v) is 3.41. The van der Waals surface area contributed by atoms with Gasteiger partial charge in [0, 0.05) is 36.3 Å². The number of carbonyl (C=O) groups excluding carboxylic acids is 1. The Morgan fingerprint density at radius 3 is 2.67 bits per heavy atom. The molecule has 0 radical (unpaired) electrons. The summed E-state index contributed by atoms with van der Waals surface area (Å²) in [7, 11) is 0. The Bertz CT molecular complexity index is 924. The van der Waals surface area contributed by atoms with Crippen LogP contribution in [-0.4, -0.2) is 43.9 Å². The van der Waals surface area contributed by atoms with E-state index in [9.17, 15) is 4.79 Å². The molecule has 3 rings (SSSR count). The first-order valence-corrected chi connectivity index (χ1v) is 9.65. The second-order valence-corrected chi connectivity index (χ2v) is 6.84. The fourth-order valence-electron chi connectivity index (χ4n) is 3.41. The molecule has 0 aliphatic rings. The standard InChI is InChI=1S/C21H27N5O/c1-5-16(6-2)14-25(7-3)21(27)20-15(4)26(24-23-20)19-10-8-9-17-13-22-12-11-18(17)19/h8-13,16H,5-7,14H2,1-4H3. The van der Waals surface area contributed by atoms with Crippen molar-refractivity contribution in [3.8, 4) is 5.69 Å². The van der Waals surface area contributed by atoms with Gasteiger partial charge >= 0.3 is 0 Å². The van der Waals surface area contributed by atoms with Gasteiger partial charge in [-0.05, 0) is 31.9 Å². The van der Waals surface area contributed by atoms with Gasteiger partial charge in [0.2, 0.25) is 0 Å². The summed E-state index contributed by atoms with van der Waals surface area (Å²) < 4.78 is 1.75. The molecule has 6 heteroatoms. The van der Waals surface area contributed by atoms with Crippen molar-refractivity contribution in [2.45, 2.75) is 40.5 Å². The highest BCUT2D eigenvalue weighted by molar-refractivity contribution is 5.94. The topological polar surface area (TPSA) is 63.9 Å². The smallest absolute Gasteiger partial charge is 0.276 e. The lowest BCUT2D eigenvalue weighted by Gasteiger charge is -2.24. The van der Waals surface area contributed by atoms with Crippen LogP contribution in [0.1, 0.15) is 49.8 Å². The van der Waals surface area contributed by atoms with Crippen LogP contribution in [0.3, 0.4) is 0 Å². The minimum Gasteiger partial charge on any atom is -0.337 e. The largest absolute Gasteiger partial charge is 0.337 e. The van der Waals surface area contributed by atoms with Crippen molar-refractivity contribution in [3.63, 3.8) is 0 Å². The van der Waals surface area contributed by atoms with Gasteiger partial charge in [0.25, 0.3) is 5.91 Å². The third-order valence-electron chi connectivity index (χ3n) is 5.29. The van der Waals surface area contributed by atoms with E-state index in [1.54, 1.807) is 10.9 Å². The van der Waals surface area contributed by atoms with Crippen LogP contribution in [0.5, 0.6) is 0 Å². The summed E-state index contributed by atoms with van der Waals surface area (Å²) in [6, 6.07) is 7.92. The van der Waals surface area contributed by atoms with Crippen LogP contribution in [-0.2, 0) is 0 Å². The summed E-state index contributed by atoms with van der Waals surface area (Å²) in [5, 5.41) is 10.6. The normalized spacial score (nSPS) is 11.3. The Balaban J connectivity index is 1.96. The molecule has 0 saturated heterocycles. The predicted molar refractivity (Wildman–Crippen MR) is 107 cm³/mol. The molecular formula is C21H27N5O. The van der Waals surface area contributed by atoms with Gasteiger partial charge in [-0.1, -0.05) is 44.0 Å². The van der Waals surface area contributed by atoms with Crippen molar-refractivity contribution in [2.24, 2.45) is 5.92 Å². The lowest BCUT2D eigenvalue weighted by Crippen LogP contribution is -2.35. The number of carbonyl (C=O) groups is 1. The molecule has 0 bridgehead atoms. The van der Waals surface area contributed by atoms with Gasteiger partial charge in [-0.2, -0.15) is 0 Å². The molecule has 2 heterocycles. The van der Waals surface area contributed by atoms with Gasteiger partial charge in [0.05, 0.1) is 11.4 Å². The molecule has 6 nitrogen and oxygen atoms in total. The summed E-state index contributed by atoms with van der Waals surface area (Å²) >= 11 is 0. The molecule has 2 aromatic heterocycles. The van der Waals surface area contributed by atoms with E-state index in [1.807, 2.05) is 49.2 Å². The summed E-state index contributed by atoms with van der Waals surface area (Å²) in [4.78, 5) is 19.1. The van der Waals surface area contributed by atoms with E-state index < -0.39 is 0 Å². The fraction of sp³-hybridized carbons (Fsp3) is 0.429. The van der Waals surface area contributed by atoms with E-state index in [0.717, 1.165) is 41.5 Å². The Labute approximate surface area is 160 Å². The number of pyridine rings is 1. The molecule has 27 heavy (non-hydrogen) atoms. The Hall–Kier alpha value is -2.76. The molecule has 0 unspecified atom stereocenters. The Morgan fingerprint density at radius 2 is 1.96 bits per heavy atom. The van der Waals surface area contributed by atoms with Crippen molar-refractivity contribution >= 4 is 16.7 Å². The van der Waals surface area contributed by atoms with E-state index in [-0.39, 0.29) is 5.91 Å². The maximum atomic E-state index is 13.1. The molecule has 0 aliphatic carbocycles. The number of amides is 1. The first-order valence-electron chi connectivity index (χ1n) is 9.65. The van der Waals surface area contributed by atoms with E-state index in [1.165, 1.54) is 0 Å². The quantitative estimate of drug-likeness (QED) is 0.634. The SMILES string of the molecule is CCC(CC)CN(CC)C(=O)c1nnn(-c2cccc3cnccc23)c1C. The summed E-state index contributed by atoms with van der Waals surface area (Å²) in [6.07, 6.45) is 5.72. The molecule has 3 aromatic rings. The first-order chi connectivity index (χ1) is 13.1. The maximum absolute atomic E-state index is 13.1. The number of fused-ring (bicyclic) bond motifs is 1. The van der Waals surface area contributed by atoms with Crippen LogP contribution in [0.25, 0.3) is 16.5 Å². The molecule has 1 aromatic carbocycles. The highest BCUT2D eigenvalue weighted by Gasteiger charge is 2.24. The average molecular weight is 365 g/mol. The van der Waals surface area contributed by atoms with Crippen molar-refractivity contribution in [3.05, 3.63) is 48.0 Å². The zero-order chi connectivity index (χ0) is 19.4. The van der Waals surface area contributed by atoms with E-state index in [4.69, 9.17) is 0 Å². The Morgan fingerprint density at radius 1 is 1.19 bits per heavy atom. The minimum atomic E-state index is -0.0462. The Kier molecular flexibility index (Phi) is 5.84. The monoisotopic (exact) mass is 365 g/mol. The summed E-state index contributed by atoms with van der Waals surface area (Å²) in [5.41, 5.74) is 2.09. The summed E-state index contributed by atoms with van der Waals surface area (Å²) in [5.74, 6) is 0.463. The maximum Gasteiger partial charge on any atom is 0.276 e. The zero-order valence-corrected chi connectivity index (χ0v) is 16.5.